The summed E-state index contributed by atoms with van der Waals surface area (Å²) in [6.45, 7) is 1.73. The van der Waals surface area contributed by atoms with Crippen LogP contribution in [0, 0.1) is 0 Å². The van der Waals surface area contributed by atoms with Crippen LogP contribution >= 0.6 is 35.0 Å². The average molecular weight is 446 g/mol. The Balaban J connectivity index is 2.26. The number of hydrogen-bond acceptors (Lipinski definition) is 2. The van der Waals surface area contributed by atoms with Gasteiger partial charge < -0.3 is 9.30 Å². The average Bonchev–Trinajstić information content (AvgIpc) is 2.93. The Labute approximate surface area is 175 Å². The van der Waals surface area contributed by atoms with Crippen LogP contribution < -0.4 is 0 Å². The number of nitrogens with zero attached hydrogens (tertiary/aromatic N) is 1. The Morgan fingerprint density at radius 1 is 1.00 bits per heavy atom. The third-order valence-electron chi connectivity index (χ3n) is 3.94. The SMILES string of the molecule is CCOCn1c(-c2ccc(Cl)cc2)c(Sc2ccccc2)c(Cl)c1C(F)(F)F. The van der Waals surface area contributed by atoms with Gasteiger partial charge in [0.1, 0.15) is 12.4 Å². The minimum Gasteiger partial charge on any atom is -0.361 e. The summed E-state index contributed by atoms with van der Waals surface area (Å²) in [4.78, 5) is 1.10. The number of alkyl halides is 3. The lowest BCUT2D eigenvalue weighted by Gasteiger charge is -2.16. The first-order chi connectivity index (χ1) is 13.3. The van der Waals surface area contributed by atoms with Crippen molar-refractivity contribution in [2.75, 3.05) is 6.61 Å². The van der Waals surface area contributed by atoms with E-state index in [1.165, 1.54) is 11.8 Å². The van der Waals surface area contributed by atoms with Crippen LogP contribution in [0.3, 0.4) is 0 Å². The standard InChI is InChI=1S/C20H16Cl2F3NOS/c1-2-27-12-26-17(13-8-10-14(21)11-9-13)18(16(22)19(26)20(23,24)25)28-15-6-4-3-5-7-15/h3-11H,2,12H2,1H3. The maximum absolute atomic E-state index is 13.9. The molecule has 0 amide bonds. The molecule has 0 saturated carbocycles. The molecule has 0 aliphatic heterocycles. The highest BCUT2D eigenvalue weighted by molar-refractivity contribution is 7.99. The van der Waals surface area contributed by atoms with Crippen LogP contribution in [0.15, 0.2) is 64.4 Å². The fourth-order valence-electron chi connectivity index (χ4n) is 2.75. The quantitative estimate of drug-likeness (QED) is 0.387. The topological polar surface area (TPSA) is 14.2 Å². The van der Waals surface area contributed by atoms with E-state index in [9.17, 15) is 13.2 Å². The molecule has 3 rings (SSSR count). The zero-order valence-corrected chi connectivity index (χ0v) is 17.1. The van der Waals surface area contributed by atoms with E-state index in [-0.39, 0.29) is 18.4 Å². The van der Waals surface area contributed by atoms with Crippen LogP contribution in [0.2, 0.25) is 10.0 Å². The van der Waals surface area contributed by atoms with Crippen LogP contribution in [-0.2, 0) is 17.6 Å². The molecule has 0 bridgehead atoms. The predicted molar refractivity (Wildman–Crippen MR) is 107 cm³/mol. The van der Waals surface area contributed by atoms with Crippen molar-refractivity contribution in [3.8, 4) is 11.3 Å². The van der Waals surface area contributed by atoms with E-state index in [1.807, 2.05) is 30.3 Å². The van der Waals surface area contributed by atoms with Crippen molar-refractivity contribution in [1.29, 1.82) is 0 Å². The van der Waals surface area contributed by atoms with Crippen LogP contribution in [0.25, 0.3) is 11.3 Å². The van der Waals surface area contributed by atoms with Gasteiger partial charge in [0.15, 0.2) is 0 Å². The molecule has 0 unspecified atom stereocenters. The van der Waals surface area contributed by atoms with E-state index in [2.05, 4.69) is 0 Å². The number of hydrogen-bond donors (Lipinski definition) is 0. The second kappa shape index (κ2) is 8.82. The van der Waals surface area contributed by atoms with E-state index in [0.29, 0.717) is 21.2 Å². The molecule has 1 heterocycles. The van der Waals surface area contributed by atoms with Crippen molar-refractivity contribution >= 4 is 35.0 Å². The van der Waals surface area contributed by atoms with Crippen molar-refractivity contribution in [1.82, 2.24) is 4.57 Å². The number of halogens is 5. The lowest BCUT2D eigenvalue weighted by Crippen LogP contribution is -2.16. The minimum absolute atomic E-state index is 0.266. The molecular weight excluding hydrogens is 430 g/mol. The first-order valence-electron chi connectivity index (χ1n) is 8.38. The Kier molecular flexibility index (Phi) is 6.65. The molecule has 0 radical (unpaired) electrons. The first-order valence-corrected chi connectivity index (χ1v) is 9.96. The van der Waals surface area contributed by atoms with E-state index in [0.717, 1.165) is 9.46 Å². The van der Waals surface area contributed by atoms with Crippen LogP contribution in [-0.4, -0.2) is 11.2 Å². The predicted octanol–water partition coefficient (Wildman–Crippen LogP) is 7.63. The Bertz CT molecular complexity index is 941. The molecule has 2 nitrogen and oxygen atoms in total. The Morgan fingerprint density at radius 2 is 1.64 bits per heavy atom. The highest BCUT2D eigenvalue weighted by Gasteiger charge is 2.41. The fraction of sp³-hybridized carbons (Fsp3) is 0.200. The van der Waals surface area contributed by atoms with Gasteiger partial charge in [-0.2, -0.15) is 13.2 Å². The summed E-state index contributed by atoms with van der Waals surface area (Å²) < 4.78 is 48.0. The summed E-state index contributed by atoms with van der Waals surface area (Å²) in [6, 6.07) is 15.7. The van der Waals surface area contributed by atoms with Crippen molar-refractivity contribution < 1.29 is 17.9 Å². The van der Waals surface area contributed by atoms with Crippen LogP contribution in [0.4, 0.5) is 13.2 Å². The van der Waals surface area contributed by atoms with Gasteiger partial charge in [0.05, 0.1) is 15.6 Å². The molecule has 3 aromatic rings. The highest BCUT2D eigenvalue weighted by Crippen LogP contribution is 2.49. The lowest BCUT2D eigenvalue weighted by atomic mass is 10.1. The van der Waals surface area contributed by atoms with Gasteiger partial charge in [-0.15, -0.1) is 0 Å². The van der Waals surface area contributed by atoms with Crippen LogP contribution in [0.1, 0.15) is 12.6 Å². The van der Waals surface area contributed by atoms with Gasteiger partial charge >= 0.3 is 6.18 Å². The van der Waals surface area contributed by atoms with E-state index in [1.54, 1.807) is 31.2 Å². The lowest BCUT2D eigenvalue weighted by molar-refractivity contribution is -0.145. The highest BCUT2D eigenvalue weighted by atomic mass is 35.5. The maximum atomic E-state index is 13.9. The summed E-state index contributed by atoms with van der Waals surface area (Å²) in [6.07, 6.45) is -4.63. The Morgan fingerprint density at radius 3 is 2.21 bits per heavy atom. The largest absolute Gasteiger partial charge is 0.433 e. The Hall–Kier alpha value is -1.60. The molecule has 0 atom stereocenters. The van der Waals surface area contributed by atoms with Crippen molar-refractivity contribution in [3.05, 3.63) is 70.3 Å². The molecule has 0 aliphatic carbocycles. The third-order valence-corrected chi connectivity index (χ3v) is 5.78. The number of benzene rings is 2. The molecule has 148 valence electrons. The molecule has 0 fully saturated rings. The van der Waals surface area contributed by atoms with Crippen molar-refractivity contribution in [2.45, 2.75) is 29.6 Å². The van der Waals surface area contributed by atoms with Gasteiger partial charge in [0.25, 0.3) is 0 Å². The first kappa shape index (κ1) is 21.1. The molecule has 0 spiro atoms. The van der Waals surface area contributed by atoms with Gasteiger partial charge in [-0.3, -0.25) is 0 Å². The molecule has 0 N–H and O–H groups in total. The molecule has 28 heavy (non-hydrogen) atoms. The van der Waals surface area contributed by atoms with E-state index >= 15 is 0 Å². The van der Waals surface area contributed by atoms with Crippen molar-refractivity contribution in [3.63, 3.8) is 0 Å². The van der Waals surface area contributed by atoms with Gasteiger partial charge in [-0.25, -0.2) is 0 Å². The summed E-state index contributed by atoms with van der Waals surface area (Å²) in [5, 5.41) is 0.150. The molecule has 2 aromatic carbocycles. The second-order valence-electron chi connectivity index (χ2n) is 5.81. The second-order valence-corrected chi connectivity index (χ2v) is 7.71. The maximum Gasteiger partial charge on any atom is 0.433 e. The summed E-state index contributed by atoms with van der Waals surface area (Å²) in [5.41, 5.74) is -0.0118. The normalized spacial score (nSPS) is 11.8. The molecular formula is C20H16Cl2F3NOS. The summed E-state index contributed by atoms with van der Waals surface area (Å²) in [7, 11) is 0. The summed E-state index contributed by atoms with van der Waals surface area (Å²) >= 11 is 13.4. The monoisotopic (exact) mass is 445 g/mol. The van der Waals surface area contributed by atoms with Gasteiger partial charge in [-0.05, 0) is 36.8 Å². The smallest absolute Gasteiger partial charge is 0.361 e. The van der Waals surface area contributed by atoms with E-state index in [4.69, 9.17) is 27.9 Å². The minimum atomic E-state index is -4.63. The van der Waals surface area contributed by atoms with Gasteiger partial charge in [-0.1, -0.05) is 65.3 Å². The zero-order valence-electron chi connectivity index (χ0n) is 14.8. The van der Waals surface area contributed by atoms with E-state index < -0.39 is 11.9 Å². The molecule has 8 heteroatoms. The number of aromatic nitrogens is 1. The van der Waals surface area contributed by atoms with Gasteiger partial charge in [0, 0.05) is 16.5 Å². The van der Waals surface area contributed by atoms with Crippen LogP contribution in [0.5, 0.6) is 0 Å². The third kappa shape index (κ3) is 4.51. The fourth-order valence-corrected chi connectivity index (χ4v) is 4.33. The molecule has 0 aliphatic rings. The molecule has 0 saturated heterocycles. The van der Waals surface area contributed by atoms with Gasteiger partial charge in [0.2, 0.25) is 0 Å². The summed E-state index contributed by atoms with van der Waals surface area (Å²) in [5.74, 6) is 0. The number of ether oxygens (including phenoxy) is 1. The van der Waals surface area contributed by atoms with Crippen molar-refractivity contribution in [2.24, 2.45) is 0 Å². The molecule has 1 aromatic heterocycles. The number of rotatable bonds is 6. The zero-order chi connectivity index (χ0) is 20.3.